The Bertz CT molecular complexity index is 477. The number of esters is 1. The van der Waals surface area contributed by atoms with Crippen molar-refractivity contribution in [3.05, 3.63) is 29.1 Å². The van der Waals surface area contributed by atoms with Gasteiger partial charge in [-0.2, -0.15) is 18.4 Å². The molecule has 0 spiro atoms. The number of methoxy groups -OCH3 is 1. The third-order valence-electron chi connectivity index (χ3n) is 1.87. The molecule has 0 aliphatic carbocycles. The lowest BCUT2D eigenvalue weighted by molar-refractivity contribution is -0.142. The molecule has 1 heterocycles. The molecule has 4 nitrogen and oxygen atoms in total. The second kappa shape index (κ2) is 4.82. The van der Waals surface area contributed by atoms with Crippen molar-refractivity contribution in [2.45, 2.75) is 12.6 Å². The summed E-state index contributed by atoms with van der Waals surface area (Å²) in [7, 11) is 1.12. The average molecular weight is 244 g/mol. The Labute approximate surface area is 94.6 Å². The molecule has 0 bridgehead atoms. The third-order valence-corrected chi connectivity index (χ3v) is 1.87. The molecule has 1 aromatic rings. The van der Waals surface area contributed by atoms with Crippen LogP contribution in [0.1, 0.15) is 17.0 Å². The number of alkyl halides is 3. The van der Waals surface area contributed by atoms with E-state index in [1.807, 2.05) is 0 Å². The molecule has 0 saturated carbocycles. The Morgan fingerprint density at radius 2 is 2.18 bits per heavy atom. The monoisotopic (exact) mass is 244 g/mol. The van der Waals surface area contributed by atoms with Gasteiger partial charge in [0.1, 0.15) is 17.5 Å². The number of aromatic nitrogens is 1. The normalized spacial score (nSPS) is 10.8. The fourth-order valence-corrected chi connectivity index (χ4v) is 1.13. The summed E-state index contributed by atoms with van der Waals surface area (Å²) >= 11 is 0. The molecule has 0 amide bonds. The largest absolute Gasteiger partial charge is 0.469 e. The third kappa shape index (κ3) is 3.45. The molecule has 0 N–H and O–H groups in total. The maximum atomic E-state index is 12.4. The Morgan fingerprint density at radius 3 is 2.65 bits per heavy atom. The number of pyridine rings is 1. The Balaban J connectivity index is 3.16. The first kappa shape index (κ1) is 13.0. The Kier molecular flexibility index (Phi) is 3.68. The van der Waals surface area contributed by atoms with E-state index < -0.39 is 23.5 Å². The van der Waals surface area contributed by atoms with Gasteiger partial charge in [0.05, 0.1) is 13.5 Å². The van der Waals surface area contributed by atoms with Crippen LogP contribution in [0.2, 0.25) is 0 Å². The second-order valence-electron chi connectivity index (χ2n) is 3.11. The minimum absolute atomic E-state index is 0.0377. The van der Waals surface area contributed by atoms with Gasteiger partial charge in [-0.25, -0.2) is 4.98 Å². The van der Waals surface area contributed by atoms with Crippen molar-refractivity contribution in [3.8, 4) is 6.07 Å². The SMILES string of the molecule is COC(=O)Cc1cc(C#N)nc(C(F)(F)F)c1. The van der Waals surface area contributed by atoms with E-state index in [1.54, 1.807) is 0 Å². The first-order valence-corrected chi connectivity index (χ1v) is 4.42. The van der Waals surface area contributed by atoms with Crippen molar-refractivity contribution in [3.63, 3.8) is 0 Å². The predicted molar refractivity (Wildman–Crippen MR) is 49.7 cm³/mol. The molecule has 0 aliphatic rings. The minimum atomic E-state index is -4.66. The van der Waals surface area contributed by atoms with Gasteiger partial charge in [-0.05, 0) is 17.7 Å². The highest BCUT2D eigenvalue weighted by atomic mass is 19.4. The predicted octanol–water partition coefficient (Wildman–Crippen LogP) is 1.69. The fraction of sp³-hybridized carbons (Fsp3) is 0.300. The topological polar surface area (TPSA) is 63.0 Å². The molecular formula is C10H7F3N2O2. The molecule has 7 heteroatoms. The van der Waals surface area contributed by atoms with Crippen LogP contribution in [0.5, 0.6) is 0 Å². The van der Waals surface area contributed by atoms with Gasteiger partial charge in [0.25, 0.3) is 0 Å². The molecule has 1 rings (SSSR count). The molecule has 1 aromatic heterocycles. The van der Waals surface area contributed by atoms with Crippen LogP contribution in [0.3, 0.4) is 0 Å². The van der Waals surface area contributed by atoms with Crippen molar-refractivity contribution in [1.82, 2.24) is 4.98 Å². The van der Waals surface area contributed by atoms with Crippen molar-refractivity contribution in [1.29, 1.82) is 5.26 Å². The second-order valence-corrected chi connectivity index (χ2v) is 3.11. The molecule has 90 valence electrons. The summed E-state index contributed by atoms with van der Waals surface area (Å²) < 4.78 is 41.6. The average Bonchev–Trinajstić information content (AvgIpc) is 2.27. The van der Waals surface area contributed by atoms with Crippen LogP contribution in [0.15, 0.2) is 12.1 Å². The number of hydrogen-bond donors (Lipinski definition) is 0. The van der Waals surface area contributed by atoms with Crippen LogP contribution < -0.4 is 0 Å². The first-order chi connectivity index (χ1) is 7.86. The molecule has 0 unspecified atom stereocenters. The highest BCUT2D eigenvalue weighted by Crippen LogP contribution is 2.28. The lowest BCUT2D eigenvalue weighted by Gasteiger charge is -2.08. The lowest BCUT2D eigenvalue weighted by atomic mass is 10.1. The summed E-state index contributed by atoms with van der Waals surface area (Å²) in [6.07, 6.45) is -4.99. The number of nitriles is 1. The zero-order chi connectivity index (χ0) is 13.1. The highest BCUT2D eigenvalue weighted by molar-refractivity contribution is 5.72. The Hall–Kier alpha value is -2.10. The van der Waals surface area contributed by atoms with E-state index in [0.717, 1.165) is 19.2 Å². The smallest absolute Gasteiger partial charge is 0.433 e. The molecule has 0 aromatic carbocycles. The standard InChI is InChI=1S/C10H7F3N2O2/c1-17-9(16)4-6-2-7(5-14)15-8(3-6)10(11,12)13/h2-3H,4H2,1H3. The molecule has 17 heavy (non-hydrogen) atoms. The van der Waals surface area contributed by atoms with Crippen LogP contribution in [-0.2, 0) is 22.1 Å². The van der Waals surface area contributed by atoms with Gasteiger partial charge < -0.3 is 4.74 Å². The summed E-state index contributed by atoms with van der Waals surface area (Å²) in [5, 5.41) is 8.55. The molecule has 0 fully saturated rings. The van der Waals surface area contributed by atoms with Gasteiger partial charge in [-0.1, -0.05) is 0 Å². The van der Waals surface area contributed by atoms with Crippen molar-refractivity contribution < 1.29 is 22.7 Å². The van der Waals surface area contributed by atoms with Crippen LogP contribution in [-0.4, -0.2) is 18.1 Å². The molecule has 0 aliphatic heterocycles. The number of nitrogens with zero attached hydrogens (tertiary/aromatic N) is 2. The van der Waals surface area contributed by atoms with Crippen molar-refractivity contribution in [2.24, 2.45) is 0 Å². The fourth-order valence-electron chi connectivity index (χ4n) is 1.13. The van der Waals surface area contributed by atoms with E-state index in [9.17, 15) is 18.0 Å². The summed E-state index contributed by atoms with van der Waals surface area (Å²) in [6, 6.07) is 3.35. The van der Waals surface area contributed by atoms with Crippen LogP contribution in [0, 0.1) is 11.3 Å². The van der Waals surface area contributed by atoms with Gasteiger partial charge >= 0.3 is 12.1 Å². The molecule has 0 radical (unpaired) electrons. The zero-order valence-corrected chi connectivity index (χ0v) is 8.71. The number of hydrogen-bond acceptors (Lipinski definition) is 4. The highest BCUT2D eigenvalue weighted by Gasteiger charge is 2.33. The number of halogens is 3. The van der Waals surface area contributed by atoms with E-state index in [4.69, 9.17) is 5.26 Å². The summed E-state index contributed by atoms with van der Waals surface area (Å²) in [5.41, 5.74) is -1.55. The minimum Gasteiger partial charge on any atom is -0.469 e. The van der Waals surface area contributed by atoms with Crippen LogP contribution in [0.25, 0.3) is 0 Å². The molecular weight excluding hydrogens is 237 g/mol. The van der Waals surface area contributed by atoms with Crippen molar-refractivity contribution in [2.75, 3.05) is 7.11 Å². The van der Waals surface area contributed by atoms with E-state index in [-0.39, 0.29) is 12.0 Å². The van der Waals surface area contributed by atoms with Gasteiger partial charge in [0.15, 0.2) is 0 Å². The summed E-state index contributed by atoms with van der Waals surface area (Å²) in [5.74, 6) is -0.687. The van der Waals surface area contributed by atoms with Gasteiger partial charge in [-0.3, -0.25) is 4.79 Å². The van der Waals surface area contributed by atoms with Crippen LogP contribution >= 0.6 is 0 Å². The maximum absolute atomic E-state index is 12.4. The van der Waals surface area contributed by atoms with Crippen molar-refractivity contribution >= 4 is 5.97 Å². The molecule has 0 atom stereocenters. The zero-order valence-electron chi connectivity index (χ0n) is 8.71. The van der Waals surface area contributed by atoms with Gasteiger partial charge in [0.2, 0.25) is 0 Å². The van der Waals surface area contributed by atoms with E-state index >= 15 is 0 Å². The number of carbonyl (C=O) groups excluding carboxylic acids is 1. The number of rotatable bonds is 2. The van der Waals surface area contributed by atoms with E-state index in [2.05, 4.69) is 9.72 Å². The van der Waals surface area contributed by atoms with E-state index in [0.29, 0.717) is 0 Å². The molecule has 0 saturated heterocycles. The Morgan fingerprint density at radius 1 is 1.53 bits per heavy atom. The van der Waals surface area contributed by atoms with Gasteiger partial charge in [-0.15, -0.1) is 0 Å². The van der Waals surface area contributed by atoms with Crippen LogP contribution in [0.4, 0.5) is 13.2 Å². The number of carbonyl (C=O) groups is 1. The summed E-state index contributed by atoms with van der Waals surface area (Å²) in [6.45, 7) is 0. The summed E-state index contributed by atoms with van der Waals surface area (Å²) in [4.78, 5) is 14.1. The quantitative estimate of drug-likeness (QED) is 0.742. The number of ether oxygens (including phenoxy) is 1. The van der Waals surface area contributed by atoms with Gasteiger partial charge in [0, 0.05) is 0 Å². The van der Waals surface area contributed by atoms with E-state index in [1.165, 1.54) is 6.07 Å². The maximum Gasteiger partial charge on any atom is 0.433 e. The first-order valence-electron chi connectivity index (χ1n) is 4.42. The lowest BCUT2D eigenvalue weighted by Crippen LogP contribution is -2.12.